The van der Waals surface area contributed by atoms with Gasteiger partial charge in [0.25, 0.3) is 0 Å². The van der Waals surface area contributed by atoms with E-state index in [0.717, 1.165) is 18.9 Å². The predicted octanol–water partition coefficient (Wildman–Crippen LogP) is 2.28. The number of rotatable bonds is 6. The molecular weight excluding hydrogens is 258 g/mol. The van der Waals surface area contributed by atoms with Crippen LogP contribution < -0.4 is 5.32 Å². The van der Waals surface area contributed by atoms with E-state index in [1.54, 1.807) is 0 Å². The van der Waals surface area contributed by atoms with E-state index in [4.69, 9.17) is 0 Å². The molecule has 1 N–H and O–H groups in total. The quantitative estimate of drug-likeness (QED) is 0.638. The summed E-state index contributed by atoms with van der Waals surface area (Å²) in [6.45, 7) is 2.11. The first-order chi connectivity index (χ1) is 9.60. The van der Waals surface area contributed by atoms with E-state index in [1.807, 2.05) is 24.3 Å². The van der Waals surface area contributed by atoms with E-state index in [9.17, 15) is 9.59 Å². The van der Waals surface area contributed by atoms with Crippen LogP contribution in [0.4, 0.5) is 5.69 Å². The van der Waals surface area contributed by atoms with Crippen LogP contribution in [0.25, 0.3) is 0 Å². The number of anilines is 1. The van der Waals surface area contributed by atoms with Gasteiger partial charge in [0.15, 0.2) is 0 Å². The van der Waals surface area contributed by atoms with Gasteiger partial charge in [-0.05, 0) is 24.1 Å². The highest BCUT2D eigenvalue weighted by atomic mass is 16.5. The Kier molecular flexibility index (Phi) is 6.29. The van der Waals surface area contributed by atoms with Crippen LogP contribution in [0.15, 0.2) is 36.0 Å². The largest absolute Gasteiger partial charge is 0.466 e. The second kappa shape index (κ2) is 7.99. The van der Waals surface area contributed by atoms with E-state index >= 15 is 0 Å². The minimum absolute atomic E-state index is 0.0302. The third-order valence-corrected chi connectivity index (χ3v) is 2.64. The van der Waals surface area contributed by atoms with Crippen LogP contribution in [0.1, 0.15) is 18.9 Å². The molecule has 0 amide bonds. The Bertz CT molecular complexity index is 491. The first-order valence-electron chi connectivity index (χ1n) is 6.34. The molecule has 5 heteroatoms. The number of hydrogen-bond acceptors (Lipinski definition) is 5. The Morgan fingerprint density at radius 1 is 1.15 bits per heavy atom. The first kappa shape index (κ1) is 15.8. The summed E-state index contributed by atoms with van der Waals surface area (Å²) in [7, 11) is 2.49. The number of ether oxygens (including phenoxy) is 2. The highest BCUT2D eigenvalue weighted by molar-refractivity contribution is 5.98. The van der Waals surface area contributed by atoms with Crippen LogP contribution in [0.5, 0.6) is 0 Å². The van der Waals surface area contributed by atoms with Crippen molar-refractivity contribution in [3.8, 4) is 0 Å². The minimum Gasteiger partial charge on any atom is -0.466 e. The molecule has 0 radical (unpaired) electrons. The molecular formula is C15H19NO4. The molecule has 0 bridgehead atoms. The summed E-state index contributed by atoms with van der Waals surface area (Å²) in [5, 5.41) is 2.85. The number of carbonyl (C=O) groups excluding carboxylic acids is 2. The van der Waals surface area contributed by atoms with Gasteiger partial charge in [0.2, 0.25) is 0 Å². The Labute approximate surface area is 118 Å². The Balaban J connectivity index is 2.86. The van der Waals surface area contributed by atoms with Crippen LogP contribution in [0.3, 0.4) is 0 Å². The molecule has 0 aliphatic rings. The van der Waals surface area contributed by atoms with Crippen LogP contribution in [0, 0.1) is 0 Å². The Morgan fingerprint density at radius 3 is 2.30 bits per heavy atom. The van der Waals surface area contributed by atoms with Crippen molar-refractivity contribution in [3.63, 3.8) is 0 Å². The number of carbonyl (C=O) groups is 2. The van der Waals surface area contributed by atoms with Crippen molar-refractivity contribution in [2.75, 3.05) is 19.5 Å². The van der Waals surface area contributed by atoms with Crippen molar-refractivity contribution in [1.29, 1.82) is 0 Å². The maximum Gasteiger partial charge on any atom is 0.354 e. The van der Waals surface area contributed by atoms with Gasteiger partial charge in [0.1, 0.15) is 5.70 Å². The Hall–Kier alpha value is -2.30. The van der Waals surface area contributed by atoms with Crippen molar-refractivity contribution >= 4 is 17.6 Å². The van der Waals surface area contributed by atoms with E-state index in [-0.39, 0.29) is 5.70 Å². The van der Waals surface area contributed by atoms with Gasteiger partial charge in [-0.15, -0.1) is 0 Å². The van der Waals surface area contributed by atoms with Crippen molar-refractivity contribution in [3.05, 3.63) is 41.6 Å². The molecule has 0 aliphatic carbocycles. The average Bonchev–Trinajstić information content (AvgIpc) is 2.47. The Morgan fingerprint density at radius 2 is 1.80 bits per heavy atom. The van der Waals surface area contributed by atoms with Gasteiger partial charge in [0.05, 0.1) is 20.3 Å². The van der Waals surface area contributed by atoms with Crippen LogP contribution in [0.2, 0.25) is 0 Å². The lowest BCUT2D eigenvalue weighted by atomic mass is 10.1. The molecule has 0 unspecified atom stereocenters. The minimum atomic E-state index is -0.631. The lowest BCUT2D eigenvalue weighted by Gasteiger charge is -2.09. The fourth-order valence-corrected chi connectivity index (χ4v) is 1.63. The second-order valence-electron chi connectivity index (χ2n) is 4.14. The van der Waals surface area contributed by atoms with Crippen molar-refractivity contribution in [2.24, 2.45) is 0 Å². The molecule has 0 heterocycles. The van der Waals surface area contributed by atoms with E-state index < -0.39 is 11.9 Å². The fraction of sp³-hybridized carbons (Fsp3) is 0.333. The monoisotopic (exact) mass is 277 g/mol. The number of methoxy groups -OCH3 is 2. The summed E-state index contributed by atoms with van der Waals surface area (Å²) in [5.41, 5.74) is 1.95. The van der Waals surface area contributed by atoms with Gasteiger partial charge in [0, 0.05) is 5.69 Å². The standard InChI is InChI=1S/C15H19NO4/c1-4-5-11-6-8-12(9-7-11)16-13(15(18)20-3)10-14(17)19-2/h6-10,16H,4-5H2,1-3H3/b13-10+. The molecule has 0 aromatic heterocycles. The van der Waals surface area contributed by atoms with E-state index in [1.165, 1.54) is 19.8 Å². The number of esters is 2. The molecule has 1 aromatic carbocycles. The van der Waals surface area contributed by atoms with E-state index in [2.05, 4.69) is 21.7 Å². The van der Waals surface area contributed by atoms with Gasteiger partial charge in [-0.1, -0.05) is 25.5 Å². The van der Waals surface area contributed by atoms with Gasteiger partial charge in [-0.3, -0.25) is 0 Å². The SMILES string of the molecule is CCCc1ccc(N/C(=C/C(=O)OC)C(=O)OC)cc1. The van der Waals surface area contributed by atoms with E-state index in [0.29, 0.717) is 5.69 Å². The summed E-state index contributed by atoms with van der Waals surface area (Å²) in [6.07, 6.45) is 3.14. The number of benzene rings is 1. The summed E-state index contributed by atoms with van der Waals surface area (Å²) in [4.78, 5) is 22.8. The van der Waals surface area contributed by atoms with Crippen LogP contribution in [-0.4, -0.2) is 26.2 Å². The van der Waals surface area contributed by atoms with Crippen molar-refractivity contribution in [2.45, 2.75) is 19.8 Å². The van der Waals surface area contributed by atoms with Crippen LogP contribution >= 0.6 is 0 Å². The average molecular weight is 277 g/mol. The van der Waals surface area contributed by atoms with Crippen LogP contribution in [-0.2, 0) is 25.5 Å². The first-order valence-corrected chi connectivity index (χ1v) is 6.34. The molecule has 108 valence electrons. The molecule has 0 saturated heterocycles. The summed E-state index contributed by atoms with van der Waals surface area (Å²) in [6, 6.07) is 7.63. The molecule has 0 aliphatic heterocycles. The molecule has 1 rings (SSSR count). The zero-order valence-electron chi connectivity index (χ0n) is 11.9. The smallest absolute Gasteiger partial charge is 0.354 e. The summed E-state index contributed by atoms with van der Waals surface area (Å²) < 4.78 is 9.12. The van der Waals surface area contributed by atoms with Gasteiger partial charge in [-0.25, -0.2) is 9.59 Å². The second-order valence-corrected chi connectivity index (χ2v) is 4.14. The third kappa shape index (κ3) is 4.76. The number of hydrogen-bond donors (Lipinski definition) is 1. The zero-order chi connectivity index (χ0) is 15.0. The van der Waals surface area contributed by atoms with Crippen molar-refractivity contribution in [1.82, 2.24) is 0 Å². The normalized spacial score (nSPS) is 10.8. The summed E-state index contributed by atoms with van der Waals surface area (Å²) >= 11 is 0. The molecule has 20 heavy (non-hydrogen) atoms. The molecule has 0 atom stereocenters. The lowest BCUT2D eigenvalue weighted by Crippen LogP contribution is -2.15. The molecule has 0 spiro atoms. The number of nitrogens with one attached hydrogen (secondary N) is 1. The highest BCUT2D eigenvalue weighted by Crippen LogP contribution is 2.14. The summed E-state index contributed by atoms with van der Waals surface area (Å²) in [5.74, 6) is -1.26. The topological polar surface area (TPSA) is 64.6 Å². The zero-order valence-corrected chi connectivity index (χ0v) is 11.9. The molecule has 1 aromatic rings. The lowest BCUT2D eigenvalue weighted by molar-refractivity contribution is -0.138. The predicted molar refractivity (Wildman–Crippen MR) is 76.2 cm³/mol. The maximum absolute atomic E-state index is 11.6. The highest BCUT2D eigenvalue weighted by Gasteiger charge is 2.12. The third-order valence-electron chi connectivity index (χ3n) is 2.64. The molecule has 0 fully saturated rings. The maximum atomic E-state index is 11.6. The van der Waals surface area contributed by atoms with Gasteiger partial charge < -0.3 is 14.8 Å². The fourth-order valence-electron chi connectivity index (χ4n) is 1.63. The van der Waals surface area contributed by atoms with Gasteiger partial charge >= 0.3 is 11.9 Å². The molecule has 0 saturated carbocycles. The molecule has 5 nitrogen and oxygen atoms in total. The van der Waals surface area contributed by atoms with Crippen molar-refractivity contribution < 1.29 is 19.1 Å². The van der Waals surface area contributed by atoms with Gasteiger partial charge in [-0.2, -0.15) is 0 Å². The number of aryl methyl sites for hydroxylation is 1.